The molecule has 3 aromatic rings. The molecule has 1 amide bonds. The third-order valence-electron chi connectivity index (χ3n) is 5.13. The van der Waals surface area contributed by atoms with E-state index in [1.807, 2.05) is 48.5 Å². The number of morpholine rings is 1. The number of pyridine rings is 1. The molecule has 0 spiro atoms. The van der Waals surface area contributed by atoms with Crippen LogP contribution in [-0.4, -0.2) is 49.2 Å². The average molecular weight is 418 g/mol. The summed E-state index contributed by atoms with van der Waals surface area (Å²) in [6, 6.07) is 18.9. The molecule has 7 nitrogen and oxygen atoms in total. The van der Waals surface area contributed by atoms with Crippen LogP contribution in [0.25, 0.3) is 0 Å². The Balaban J connectivity index is 1.44. The predicted octanol–water partition coefficient (Wildman–Crippen LogP) is 3.92. The maximum absolute atomic E-state index is 12.9. The number of rotatable bonds is 7. The number of nitrogens with zero attached hydrogens (tertiary/aromatic N) is 2. The number of hydrogen-bond donors (Lipinski definition) is 2. The lowest BCUT2D eigenvalue weighted by Gasteiger charge is -2.26. The number of aromatic nitrogens is 1. The minimum absolute atomic E-state index is 0.230. The normalized spacial score (nSPS) is 14.1. The third-order valence-corrected chi connectivity index (χ3v) is 5.13. The van der Waals surface area contributed by atoms with Crippen LogP contribution in [0, 0.1) is 0 Å². The van der Waals surface area contributed by atoms with Crippen molar-refractivity contribution in [1.82, 2.24) is 9.88 Å². The highest BCUT2D eigenvalue weighted by Gasteiger charge is 2.15. The SMILES string of the molecule is COc1ccccc1Nc1ncccc1C(=O)Nc1ccc(CN2CCOCC2)cc1. The van der Waals surface area contributed by atoms with Crippen molar-refractivity contribution in [3.8, 4) is 5.75 Å². The molecular weight excluding hydrogens is 392 g/mol. The number of amides is 1. The van der Waals surface area contributed by atoms with Crippen molar-refractivity contribution in [2.24, 2.45) is 0 Å². The van der Waals surface area contributed by atoms with Gasteiger partial charge in [0.1, 0.15) is 11.6 Å². The van der Waals surface area contributed by atoms with Crippen LogP contribution in [0.1, 0.15) is 15.9 Å². The van der Waals surface area contributed by atoms with Crippen molar-refractivity contribution in [3.05, 3.63) is 78.0 Å². The van der Waals surface area contributed by atoms with Gasteiger partial charge >= 0.3 is 0 Å². The van der Waals surface area contributed by atoms with Crippen LogP contribution in [0.5, 0.6) is 5.75 Å². The van der Waals surface area contributed by atoms with Gasteiger partial charge in [0.05, 0.1) is 31.6 Å². The highest BCUT2D eigenvalue weighted by Crippen LogP contribution is 2.28. The Labute approximate surface area is 182 Å². The van der Waals surface area contributed by atoms with Crippen LogP contribution in [0.2, 0.25) is 0 Å². The summed E-state index contributed by atoms with van der Waals surface area (Å²) in [6.07, 6.45) is 1.65. The molecule has 31 heavy (non-hydrogen) atoms. The van der Waals surface area contributed by atoms with Gasteiger partial charge in [0.2, 0.25) is 0 Å². The summed E-state index contributed by atoms with van der Waals surface area (Å²) in [6.45, 7) is 4.34. The predicted molar refractivity (Wildman–Crippen MR) is 121 cm³/mol. The number of methoxy groups -OCH3 is 1. The van der Waals surface area contributed by atoms with Gasteiger partial charge in [-0.3, -0.25) is 9.69 Å². The highest BCUT2D eigenvalue weighted by atomic mass is 16.5. The minimum atomic E-state index is -0.230. The van der Waals surface area contributed by atoms with E-state index in [1.54, 1.807) is 25.4 Å². The maximum Gasteiger partial charge on any atom is 0.259 e. The summed E-state index contributed by atoms with van der Waals surface area (Å²) in [5.74, 6) is 0.912. The standard InChI is InChI=1S/C24H26N4O3/c1-30-22-7-3-2-6-21(22)27-23-20(5-4-12-25-23)24(29)26-19-10-8-18(9-11-19)17-28-13-15-31-16-14-28/h2-12H,13-17H2,1H3,(H,25,27)(H,26,29). The average Bonchev–Trinajstić information content (AvgIpc) is 2.82. The topological polar surface area (TPSA) is 75.7 Å². The van der Waals surface area contributed by atoms with E-state index in [0.717, 1.165) is 44.2 Å². The summed E-state index contributed by atoms with van der Waals surface area (Å²) >= 11 is 0. The molecule has 1 aliphatic rings. The van der Waals surface area contributed by atoms with Crippen molar-refractivity contribution >= 4 is 23.1 Å². The Morgan fingerprint density at radius 3 is 2.61 bits per heavy atom. The van der Waals surface area contributed by atoms with Gasteiger partial charge in [-0.1, -0.05) is 24.3 Å². The summed E-state index contributed by atoms with van der Waals surface area (Å²) in [5, 5.41) is 6.16. The van der Waals surface area contributed by atoms with Crippen molar-refractivity contribution in [1.29, 1.82) is 0 Å². The molecule has 4 rings (SSSR count). The first-order chi connectivity index (χ1) is 15.2. The molecule has 7 heteroatoms. The van der Waals surface area contributed by atoms with Gasteiger partial charge in [-0.2, -0.15) is 0 Å². The number of nitrogens with one attached hydrogen (secondary N) is 2. The Bertz CT molecular complexity index is 1020. The molecule has 1 saturated heterocycles. The van der Waals surface area contributed by atoms with E-state index >= 15 is 0 Å². The van der Waals surface area contributed by atoms with Gasteiger partial charge in [0, 0.05) is 31.5 Å². The number of carbonyl (C=O) groups excluding carboxylic acids is 1. The van der Waals surface area contributed by atoms with Crippen LogP contribution >= 0.6 is 0 Å². The number of para-hydroxylation sites is 2. The molecule has 0 radical (unpaired) electrons. The van der Waals surface area contributed by atoms with E-state index in [4.69, 9.17) is 9.47 Å². The smallest absolute Gasteiger partial charge is 0.259 e. The molecule has 2 aromatic carbocycles. The molecule has 0 saturated carbocycles. The van der Waals surface area contributed by atoms with Gasteiger partial charge in [0.25, 0.3) is 5.91 Å². The molecule has 1 aromatic heterocycles. The van der Waals surface area contributed by atoms with Crippen LogP contribution in [0.4, 0.5) is 17.2 Å². The zero-order chi connectivity index (χ0) is 21.5. The lowest BCUT2D eigenvalue weighted by molar-refractivity contribution is 0.0342. The molecule has 1 fully saturated rings. The fraction of sp³-hybridized carbons (Fsp3) is 0.250. The minimum Gasteiger partial charge on any atom is -0.495 e. The van der Waals surface area contributed by atoms with Crippen molar-refractivity contribution < 1.29 is 14.3 Å². The summed E-state index contributed by atoms with van der Waals surface area (Å²) in [4.78, 5) is 19.6. The Morgan fingerprint density at radius 2 is 1.84 bits per heavy atom. The molecule has 0 unspecified atom stereocenters. The van der Waals surface area contributed by atoms with E-state index in [9.17, 15) is 4.79 Å². The summed E-state index contributed by atoms with van der Waals surface area (Å²) < 4.78 is 10.8. The van der Waals surface area contributed by atoms with Gasteiger partial charge in [-0.05, 0) is 42.0 Å². The molecule has 2 N–H and O–H groups in total. The molecular formula is C24H26N4O3. The van der Waals surface area contributed by atoms with Gasteiger partial charge in [-0.15, -0.1) is 0 Å². The molecule has 0 atom stereocenters. The van der Waals surface area contributed by atoms with Crippen LogP contribution in [0.3, 0.4) is 0 Å². The Hall–Kier alpha value is -3.42. The second kappa shape index (κ2) is 10.1. The number of ether oxygens (including phenoxy) is 2. The van der Waals surface area contributed by atoms with Crippen molar-refractivity contribution in [2.75, 3.05) is 44.0 Å². The number of anilines is 3. The van der Waals surface area contributed by atoms with Crippen LogP contribution < -0.4 is 15.4 Å². The van der Waals surface area contributed by atoms with Crippen molar-refractivity contribution in [2.45, 2.75) is 6.54 Å². The Kier molecular flexibility index (Phi) is 6.76. The molecule has 0 bridgehead atoms. The van der Waals surface area contributed by atoms with Crippen molar-refractivity contribution in [3.63, 3.8) is 0 Å². The van der Waals surface area contributed by atoms with Crippen LogP contribution in [0.15, 0.2) is 66.9 Å². The molecule has 0 aliphatic carbocycles. The van der Waals surface area contributed by atoms with Crippen LogP contribution in [-0.2, 0) is 11.3 Å². The molecule has 160 valence electrons. The fourth-order valence-corrected chi connectivity index (χ4v) is 3.47. The van der Waals surface area contributed by atoms with Gasteiger partial charge in [0.15, 0.2) is 0 Å². The zero-order valence-corrected chi connectivity index (χ0v) is 17.5. The lowest BCUT2D eigenvalue weighted by Crippen LogP contribution is -2.35. The number of benzene rings is 2. The Morgan fingerprint density at radius 1 is 1.06 bits per heavy atom. The largest absolute Gasteiger partial charge is 0.495 e. The quantitative estimate of drug-likeness (QED) is 0.606. The number of carbonyl (C=O) groups is 1. The maximum atomic E-state index is 12.9. The van der Waals surface area contributed by atoms with E-state index in [1.165, 1.54) is 5.56 Å². The summed E-state index contributed by atoms with van der Waals surface area (Å²) in [7, 11) is 1.61. The van der Waals surface area contributed by atoms with E-state index in [0.29, 0.717) is 17.1 Å². The zero-order valence-electron chi connectivity index (χ0n) is 17.5. The molecule has 1 aliphatic heterocycles. The van der Waals surface area contributed by atoms with Gasteiger partial charge < -0.3 is 20.1 Å². The van der Waals surface area contributed by atoms with E-state index in [-0.39, 0.29) is 5.91 Å². The first kappa shape index (κ1) is 20.8. The second-order valence-corrected chi connectivity index (χ2v) is 7.26. The first-order valence-corrected chi connectivity index (χ1v) is 10.3. The third kappa shape index (κ3) is 5.39. The monoisotopic (exact) mass is 418 g/mol. The van der Waals surface area contributed by atoms with Gasteiger partial charge in [-0.25, -0.2) is 4.98 Å². The lowest BCUT2D eigenvalue weighted by atomic mass is 10.1. The highest BCUT2D eigenvalue weighted by molar-refractivity contribution is 6.07. The first-order valence-electron chi connectivity index (χ1n) is 10.3. The fourth-order valence-electron chi connectivity index (χ4n) is 3.47. The number of hydrogen-bond acceptors (Lipinski definition) is 6. The van der Waals surface area contributed by atoms with E-state index < -0.39 is 0 Å². The second-order valence-electron chi connectivity index (χ2n) is 7.26. The molecule has 2 heterocycles. The van der Waals surface area contributed by atoms with E-state index in [2.05, 4.69) is 20.5 Å². The summed E-state index contributed by atoms with van der Waals surface area (Å²) in [5.41, 5.74) is 3.14.